The van der Waals surface area contributed by atoms with Crippen LogP contribution in [0.15, 0.2) is 43.0 Å². The van der Waals surface area contributed by atoms with Crippen LogP contribution in [-0.4, -0.2) is 65.8 Å². The smallest absolute Gasteiger partial charge is 0.246 e. The summed E-state index contributed by atoms with van der Waals surface area (Å²) < 4.78 is 19.5. The molecule has 3 rings (SSSR count). The number of nitrogens with one attached hydrogen (secondary N) is 2. The maximum Gasteiger partial charge on any atom is 0.246 e. The van der Waals surface area contributed by atoms with E-state index in [0.29, 0.717) is 31.7 Å². The first-order valence-corrected chi connectivity index (χ1v) is 9.85. The molecule has 3 N–H and O–H groups in total. The van der Waals surface area contributed by atoms with Crippen LogP contribution in [0.2, 0.25) is 5.02 Å². The molecule has 0 radical (unpaired) electrons. The Hall–Kier alpha value is -3.39. The van der Waals surface area contributed by atoms with Crippen molar-refractivity contribution in [1.29, 1.82) is 10.8 Å². The normalized spacial score (nSPS) is 13.6. The lowest BCUT2D eigenvalue weighted by Crippen LogP contribution is -2.50. The number of amides is 1. The first-order valence-electron chi connectivity index (χ1n) is 9.48. The number of carbonyl (C=O) groups is 1. The lowest BCUT2D eigenvalue weighted by Gasteiger charge is -2.36. The molecule has 1 amide bonds. The summed E-state index contributed by atoms with van der Waals surface area (Å²) in [4.78, 5) is 15.2. The zero-order valence-electron chi connectivity index (χ0n) is 16.9. The minimum atomic E-state index is -0.664. The molecule has 0 aromatic heterocycles. The fourth-order valence-electron chi connectivity index (χ4n) is 3.49. The molecule has 0 atom stereocenters. The van der Waals surface area contributed by atoms with Crippen molar-refractivity contribution in [2.75, 3.05) is 33.3 Å². The van der Waals surface area contributed by atoms with Crippen molar-refractivity contribution in [3.63, 3.8) is 0 Å². The second kappa shape index (κ2) is 9.18. The van der Waals surface area contributed by atoms with Crippen LogP contribution in [0.25, 0.3) is 11.1 Å². The highest BCUT2D eigenvalue weighted by molar-refractivity contribution is 6.34. The highest BCUT2D eigenvalue weighted by Crippen LogP contribution is 2.38. The van der Waals surface area contributed by atoms with Crippen LogP contribution in [0.4, 0.5) is 4.39 Å². The monoisotopic (exact) mass is 444 g/mol. The predicted molar refractivity (Wildman–Crippen MR) is 118 cm³/mol. The van der Waals surface area contributed by atoms with Gasteiger partial charge in [-0.2, -0.15) is 0 Å². The van der Waals surface area contributed by atoms with E-state index in [9.17, 15) is 14.3 Å². The van der Waals surface area contributed by atoms with Crippen LogP contribution >= 0.6 is 11.6 Å². The number of methoxy groups -OCH3 is 1. The molecule has 1 aliphatic rings. The largest absolute Gasteiger partial charge is 0.507 e. The van der Waals surface area contributed by atoms with Crippen molar-refractivity contribution in [1.82, 2.24) is 9.80 Å². The topological polar surface area (TPSA) is 101 Å². The fraction of sp³-hybridized carbons (Fsp3) is 0.227. The van der Waals surface area contributed by atoms with Gasteiger partial charge in [0.15, 0.2) is 0 Å². The highest BCUT2D eigenvalue weighted by Gasteiger charge is 2.26. The first kappa shape index (κ1) is 22.3. The zero-order chi connectivity index (χ0) is 22.7. The van der Waals surface area contributed by atoms with Gasteiger partial charge in [0.2, 0.25) is 11.8 Å². The Morgan fingerprint density at radius 1 is 1.19 bits per heavy atom. The summed E-state index contributed by atoms with van der Waals surface area (Å²) in [6.07, 6.45) is 1.26. The third-order valence-corrected chi connectivity index (χ3v) is 5.47. The molecule has 0 aliphatic carbocycles. The number of hydrogen-bond acceptors (Lipinski definition) is 5. The van der Waals surface area contributed by atoms with Gasteiger partial charge in [-0.15, -0.1) is 0 Å². The number of ether oxygens (including phenoxy) is 1. The molecule has 7 nitrogen and oxygen atoms in total. The summed E-state index contributed by atoms with van der Waals surface area (Å²) in [5.41, 5.74) is 0.665. The molecule has 1 heterocycles. The Labute approximate surface area is 184 Å². The lowest BCUT2D eigenvalue weighted by molar-refractivity contribution is -0.127. The molecule has 2 aromatic carbocycles. The molecule has 1 fully saturated rings. The van der Waals surface area contributed by atoms with Gasteiger partial charge in [-0.25, -0.2) is 4.39 Å². The van der Waals surface area contributed by atoms with Gasteiger partial charge in [-0.3, -0.25) is 15.6 Å². The number of carbonyl (C=O) groups excluding carboxylic acids is 1. The van der Waals surface area contributed by atoms with Crippen molar-refractivity contribution in [2.45, 2.75) is 0 Å². The summed E-state index contributed by atoms with van der Waals surface area (Å²) in [6, 6.07) is 6.83. The Morgan fingerprint density at radius 2 is 1.84 bits per heavy atom. The van der Waals surface area contributed by atoms with E-state index in [1.807, 2.05) is 0 Å². The Kier molecular flexibility index (Phi) is 6.60. The molecular formula is C22H22ClFN4O3. The number of phenols is 1. The van der Waals surface area contributed by atoms with E-state index < -0.39 is 5.82 Å². The molecule has 2 aromatic rings. The molecular weight excluding hydrogens is 423 g/mol. The van der Waals surface area contributed by atoms with Gasteiger partial charge in [-0.1, -0.05) is 24.2 Å². The number of aromatic hydroxyl groups is 1. The van der Waals surface area contributed by atoms with Crippen LogP contribution < -0.4 is 0 Å². The van der Waals surface area contributed by atoms with Crippen molar-refractivity contribution < 1.29 is 19.0 Å². The lowest BCUT2D eigenvalue weighted by atomic mass is 9.96. The van der Waals surface area contributed by atoms with Crippen molar-refractivity contribution in [3.8, 4) is 16.9 Å². The van der Waals surface area contributed by atoms with Gasteiger partial charge in [0.1, 0.15) is 17.4 Å². The second-order valence-electron chi connectivity index (χ2n) is 6.91. The first-order chi connectivity index (χ1) is 14.8. The van der Waals surface area contributed by atoms with Crippen molar-refractivity contribution in [2.24, 2.45) is 0 Å². The number of piperazine rings is 1. The molecule has 0 unspecified atom stereocenters. The molecule has 162 valence electrons. The Morgan fingerprint density at radius 3 is 2.42 bits per heavy atom. The van der Waals surface area contributed by atoms with Gasteiger partial charge in [0.05, 0.1) is 12.7 Å². The molecule has 9 heteroatoms. The summed E-state index contributed by atoms with van der Waals surface area (Å²) in [6.45, 7) is 5.19. The minimum absolute atomic E-state index is 0.0905. The maximum atomic E-state index is 14.4. The van der Waals surface area contributed by atoms with Crippen LogP contribution in [-0.2, 0) is 9.53 Å². The van der Waals surface area contributed by atoms with Gasteiger partial charge in [-0.05, 0) is 30.3 Å². The van der Waals surface area contributed by atoms with Gasteiger partial charge in [0, 0.05) is 47.9 Å². The number of phenolic OH excluding ortho intramolecular Hbond substituents is 1. The summed E-state index contributed by atoms with van der Waals surface area (Å²) in [7, 11) is 1.32. The molecule has 1 saturated heterocycles. The molecule has 1 aliphatic heterocycles. The number of amidine groups is 1. The van der Waals surface area contributed by atoms with E-state index in [4.69, 9.17) is 27.2 Å². The van der Waals surface area contributed by atoms with E-state index in [1.54, 1.807) is 9.80 Å². The predicted octanol–water partition coefficient (Wildman–Crippen LogP) is 3.48. The second-order valence-corrected chi connectivity index (χ2v) is 7.32. The van der Waals surface area contributed by atoms with Gasteiger partial charge >= 0.3 is 0 Å². The van der Waals surface area contributed by atoms with Crippen molar-refractivity contribution in [3.05, 3.63) is 65.0 Å². The van der Waals surface area contributed by atoms with Gasteiger partial charge < -0.3 is 19.6 Å². The summed E-state index contributed by atoms with van der Waals surface area (Å²) in [5.74, 6) is -1.24. The quantitative estimate of drug-likeness (QED) is 0.382. The van der Waals surface area contributed by atoms with E-state index in [-0.39, 0.29) is 45.1 Å². The van der Waals surface area contributed by atoms with E-state index in [0.717, 1.165) is 0 Å². The average Bonchev–Trinajstić information content (AvgIpc) is 2.78. The number of halogens is 2. The third-order valence-electron chi connectivity index (χ3n) is 5.15. The van der Waals surface area contributed by atoms with Crippen molar-refractivity contribution >= 4 is 29.2 Å². The Bertz CT molecular complexity index is 1040. The van der Waals surface area contributed by atoms with Crippen LogP contribution in [0, 0.1) is 16.6 Å². The van der Waals surface area contributed by atoms with Gasteiger partial charge in [0.25, 0.3) is 0 Å². The molecule has 0 bridgehead atoms. The fourth-order valence-corrected chi connectivity index (χ4v) is 3.75. The third kappa shape index (κ3) is 4.39. The zero-order valence-corrected chi connectivity index (χ0v) is 17.7. The highest BCUT2D eigenvalue weighted by atomic mass is 35.5. The molecule has 0 spiro atoms. The van der Waals surface area contributed by atoms with Crippen LogP contribution in [0.5, 0.6) is 5.75 Å². The Balaban J connectivity index is 2.00. The minimum Gasteiger partial charge on any atom is -0.507 e. The SMILES string of the molecule is C=CC(=O)N1CCN(C(=N)c2cc(Cl)c(-c3c(O)cccc3F)cc2C(=N)OC)CC1. The standard InChI is InChI=1S/C22H22ClFN4O3/c1-3-19(30)27-7-9-28(10-8-27)21(25)13-12-16(23)15(11-14(13)22(26)31-2)20-17(24)5-4-6-18(20)29/h3-6,11-12,25-26,29H,1,7-10H2,2H3. The van der Waals surface area contributed by atoms with E-state index in [1.165, 1.54) is 43.5 Å². The number of nitrogens with zero attached hydrogens (tertiary/aromatic N) is 2. The average molecular weight is 445 g/mol. The summed E-state index contributed by atoms with van der Waals surface area (Å²) >= 11 is 6.43. The van der Waals surface area contributed by atoms with E-state index >= 15 is 0 Å². The van der Waals surface area contributed by atoms with Crippen LogP contribution in [0.1, 0.15) is 11.1 Å². The molecule has 0 saturated carbocycles. The molecule has 31 heavy (non-hydrogen) atoms. The number of rotatable bonds is 4. The van der Waals surface area contributed by atoms with Crippen LogP contribution in [0.3, 0.4) is 0 Å². The number of hydrogen-bond donors (Lipinski definition) is 3. The summed E-state index contributed by atoms with van der Waals surface area (Å²) in [5, 5.41) is 27.1. The maximum absolute atomic E-state index is 14.4. The van der Waals surface area contributed by atoms with E-state index in [2.05, 4.69) is 6.58 Å². The number of benzene rings is 2.